The Kier molecular flexibility index (Phi) is 4.59. The van der Waals surface area contributed by atoms with Crippen molar-refractivity contribution in [1.82, 2.24) is 4.90 Å². The van der Waals surface area contributed by atoms with Gasteiger partial charge < -0.3 is 4.74 Å². The van der Waals surface area contributed by atoms with Gasteiger partial charge in [0.2, 0.25) is 0 Å². The van der Waals surface area contributed by atoms with Gasteiger partial charge in [0.05, 0.1) is 10.9 Å². The second kappa shape index (κ2) is 6.89. The lowest BCUT2D eigenvalue weighted by Gasteiger charge is -2.23. The summed E-state index contributed by atoms with van der Waals surface area (Å²) in [6.45, 7) is 4.08. The summed E-state index contributed by atoms with van der Waals surface area (Å²) in [5.41, 5.74) is 3.28. The van der Waals surface area contributed by atoms with Gasteiger partial charge >= 0.3 is 0 Å². The molecule has 2 aromatic rings. The van der Waals surface area contributed by atoms with Crippen molar-refractivity contribution >= 4 is 40.3 Å². The van der Waals surface area contributed by atoms with Crippen LogP contribution in [0.1, 0.15) is 36.6 Å². The van der Waals surface area contributed by atoms with Crippen LogP contribution in [0, 0.1) is 0 Å². The first-order chi connectivity index (χ1) is 12.5. The van der Waals surface area contributed by atoms with Gasteiger partial charge in [-0.2, -0.15) is 0 Å². The zero-order chi connectivity index (χ0) is 18.3. The summed E-state index contributed by atoms with van der Waals surface area (Å²) in [5.74, 6) is 0.918. The maximum absolute atomic E-state index is 12.9. The van der Waals surface area contributed by atoms with Gasteiger partial charge in [-0.25, -0.2) is 0 Å². The predicted octanol–water partition coefficient (Wildman–Crippen LogP) is 4.97. The highest BCUT2D eigenvalue weighted by atomic mass is 32.2. The summed E-state index contributed by atoms with van der Waals surface area (Å²) in [4.78, 5) is 15.3. The number of benzene rings is 2. The van der Waals surface area contributed by atoms with E-state index in [0.717, 1.165) is 23.3 Å². The minimum Gasteiger partial charge on any atom is -0.490 e. The molecule has 0 spiro atoms. The fourth-order valence-electron chi connectivity index (χ4n) is 3.38. The Morgan fingerprint density at radius 2 is 2.04 bits per heavy atom. The molecule has 2 heterocycles. The quantitative estimate of drug-likeness (QED) is 0.554. The normalized spacial score (nSPS) is 21.8. The van der Waals surface area contributed by atoms with Crippen LogP contribution < -0.4 is 4.74 Å². The summed E-state index contributed by atoms with van der Waals surface area (Å²) in [7, 11) is 0. The minimum atomic E-state index is -0.0797. The molecule has 2 aliphatic heterocycles. The van der Waals surface area contributed by atoms with Crippen molar-refractivity contribution in [3.63, 3.8) is 0 Å². The minimum absolute atomic E-state index is 0.0264. The van der Waals surface area contributed by atoms with E-state index in [0.29, 0.717) is 9.23 Å². The van der Waals surface area contributed by atoms with Crippen molar-refractivity contribution in [3.05, 3.63) is 70.1 Å². The molecule has 4 rings (SSSR count). The molecule has 1 saturated heterocycles. The highest BCUT2D eigenvalue weighted by Crippen LogP contribution is 2.38. The molecule has 0 saturated carbocycles. The summed E-state index contributed by atoms with van der Waals surface area (Å²) in [5, 5.41) is 0. The predicted molar refractivity (Wildman–Crippen MR) is 110 cm³/mol. The first kappa shape index (κ1) is 17.3. The summed E-state index contributed by atoms with van der Waals surface area (Å²) in [6.07, 6.45) is 3.05. The average molecular weight is 382 g/mol. The molecule has 0 aliphatic carbocycles. The van der Waals surface area contributed by atoms with Gasteiger partial charge in [0, 0.05) is 6.42 Å². The lowest BCUT2D eigenvalue weighted by Crippen LogP contribution is -2.30. The number of rotatable bonds is 3. The van der Waals surface area contributed by atoms with Crippen molar-refractivity contribution in [2.24, 2.45) is 0 Å². The number of hydrogen-bond donors (Lipinski definition) is 0. The molecule has 2 aromatic carbocycles. The first-order valence-corrected chi connectivity index (χ1v) is 9.87. The average Bonchev–Trinajstić information content (AvgIpc) is 3.13. The van der Waals surface area contributed by atoms with Gasteiger partial charge in [0.1, 0.15) is 16.2 Å². The maximum atomic E-state index is 12.9. The van der Waals surface area contributed by atoms with Gasteiger partial charge in [-0.3, -0.25) is 9.69 Å². The molecular formula is C21H19NO2S2. The molecule has 1 amide bonds. The van der Waals surface area contributed by atoms with Crippen LogP contribution in [0.25, 0.3) is 6.08 Å². The summed E-state index contributed by atoms with van der Waals surface area (Å²) < 4.78 is 6.35. The fourth-order valence-corrected chi connectivity index (χ4v) is 4.80. The zero-order valence-electron chi connectivity index (χ0n) is 14.6. The van der Waals surface area contributed by atoms with Crippen LogP contribution in [0.5, 0.6) is 5.75 Å². The number of fused-ring (bicyclic) bond motifs is 1. The van der Waals surface area contributed by atoms with Crippen LogP contribution in [0.3, 0.4) is 0 Å². The largest absolute Gasteiger partial charge is 0.490 e. The number of thiocarbonyl (C=S) groups is 1. The Balaban J connectivity index is 1.59. The van der Waals surface area contributed by atoms with Crippen LogP contribution in [0.15, 0.2) is 53.4 Å². The molecule has 5 heteroatoms. The number of amides is 1. The van der Waals surface area contributed by atoms with Crippen molar-refractivity contribution in [2.45, 2.75) is 32.4 Å². The number of ether oxygens (including phenoxy) is 1. The van der Waals surface area contributed by atoms with Gasteiger partial charge in [-0.15, -0.1) is 0 Å². The van der Waals surface area contributed by atoms with Crippen molar-refractivity contribution in [2.75, 3.05) is 0 Å². The zero-order valence-corrected chi connectivity index (χ0v) is 16.3. The lowest BCUT2D eigenvalue weighted by atomic mass is 10.1. The van der Waals surface area contributed by atoms with Gasteiger partial charge in [-0.1, -0.05) is 60.4 Å². The molecule has 132 valence electrons. The Labute approximate surface area is 163 Å². The molecule has 0 unspecified atom stereocenters. The number of carbonyl (C=O) groups is 1. The smallest absolute Gasteiger partial charge is 0.266 e. The van der Waals surface area contributed by atoms with Crippen molar-refractivity contribution in [1.29, 1.82) is 0 Å². The first-order valence-electron chi connectivity index (χ1n) is 8.64. The molecule has 0 bridgehead atoms. The van der Waals surface area contributed by atoms with Gasteiger partial charge in [0.25, 0.3) is 5.91 Å². The van der Waals surface area contributed by atoms with Crippen LogP contribution in [-0.4, -0.2) is 21.2 Å². The third-order valence-corrected chi connectivity index (χ3v) is 6.04. The number of nitrogens with zero attached hydrogens (tertiary/aromatic N) is 1. The Bertz CT molecular complexity index is 907. The van der Waals surface area contributed by atoms with E-state index in [4.69, 9.17) is 17.0 Å². The van der Waals surface area contributed by atoms with E-state index < -0.39 is 0 Å². The Morgan fingerprint density at radius 3 is 2.81 bits per heavy atom. The SMILES string of the molecule is C[C@@H]1Cc2cc(/C=C3\SC(=S)N([C@@H](C)c4ccccc4)C3=O)ccc2O1. The molecule has 0 aromatic heterocycles. The second-order valence-electron chi connectivity index (χ2n) is 6.64. The van der Waals surface area contributed by atoms with E-state index in [2.05, 4.69) is 13.0 Å². The topological polar surface area (TPSA) is 29.5 Å². The fraction of sp³-hybridized carbons (Fsp3) is 0.238. The molecule has 26 heavy (non-hydrogen) atoms. The van der Waals surface area contributed by atoms with E-state index in [1.165, 1.54) is 17.3 Å². The van der Waals surface area contributed by atoms with Crippen LogP contribution in [0.2, 0.25) is 0 Å². The molecule has 2 aliphatic rings. The highest BCUT2D eigenvalue weighted by molar-refractivity contribution is 8.26. The van der Waals surface area contributed by atoms with Crippen LogP contribution in [-0.2, 0) is 11.2 Å². The number of carbonyl (C=O) groups excluding carboxylic acids is 1. The molecule has 0 N–H and O–H groups in total. The van der Waals surface area contributed by atoms with E-state index in [-0.39, 0.29) is 18.1 Å². The second-order valence-corrected chi connectivity index (χ2v) is 8.31. The third kappa shape index (κ3) is 3.17. The molecule has 3 nitrogen and oxygen atoms in total. The van der Waals surface area contributed by atoms with Gasteiger partial charge in [0.15, 0.2) is 0 Å². The highest BCUT2D eigenvalue weighted by Gasteiger charge is 2.36. The van der Waals surface area contributed by atoms with Crippen molar-refractivity contribution < 1.29 is 9.53 Å². The summed E-state index contributed by atoms with van der Waals surface area (Å²) >= 11 is 6.86. The van der Waals surface area contributed by atoms with E-state index in [1.807, 2.05) is 55.5 Å². The monoisotopic (exact) mass is 381 g/mol. The molecule has 2 atom stereocenters. The van der Waals surface area contributed by atoms with Crippen LogP contribution in [0.4, 0.5) is 0 Å². The van der Waals surface area contributed by atoms with E-state index in [1.54, 1.807) is 4.90 Å². The van der Waals surface area contributed by atoms with Crippen molar-refractivity contribution in [3.8, 4) is 5.75 Å². The number of thioether (sulfide) groups is 1. The maximum Gasteiger partial charge on any atom is 0.266 e. The molecular weight excluding hydrogens is 362 g/mol. The third-order valence-electron chi connectivity index (χ3n) is 4.71. The Morgan fingerprint density at radius 1 is 1.27 bits per heavy atom. The standard InChI is InChI=1S/C21H19NO2S2/c1-13-10-17-11-15(8-9-18(17)24-13)12-19-20(23)22(21(25)26-19)14(2)16-6-4-3-5-7-16/h3-9,11-14H,10H2,1-2H3/b19-12-/t13-,14+/m1/s1. The van der Waals surface area contributed by atoms with E-state index in [9.17, 15) is 4.79 Å². The number of hydrogen-bond acceptors (Lipinski definition) is 4. The van der Waals surface area contributed by atoms with Gasteiger partial charge in [-0.05, 0) is 48.7 Å². The van der Waals surface area contributed by atoms with Crippen LogP contribution >= 0.6 is 24.0 Å². The summed E-state index contributed by atoms with van der Waals surface area (Å²) in [6, 6.07) is 16.0. The molecule has 1 fully saturated rings. The van der Waals surface area contributed by atoms with E-state index >= 15 is 0 Å². The lowest BCUT2D eigenvalue weighted by molar-refractivity contribution is -0.123. The Hall–Kier alpha value is -2.11. The molecule has 0 radical (unpaired) electrons.